The van der Waals surface area contributed by atoms with Crippen molar-refractivity contribution in [1.82, 2.24) is 5.32 Å². The Morgan fingerprint density at radius 1 is 1.20 bits per heavy atom. The van der Waals surface area contributed by atoms with E-state index >= 15 is 0 Å². The first-order valence-electron chi connectivity index (χ1n) is 11.8. The molecule has 2 aliphatic heterocycles. The molecule has 3 fully saturated rings. The van der Waals surface area contributed by atoms with Crippen LogP contribution in [0.15, 0.2) is 24.3 Å². The van der Waals surface area contributed by atoms with Crippen molar-refractivity contribution in [1.29, 1.82) is 0 Å². The minimum absolute atomic E-state index is 0.0478. The van der Waals surface area contributed by atoms with E-state index in [0.717, 1.165) is 30.6 Å². The predicted molar refractivity (Wildman–Crippen MR) is 114 cm³/mol. The van der Waals surface area contributed by atoms with E-state index in [1.165, 1.54) is 19.3 Å². The Hall–Kier alpha value is -1.75. The van der Waals surface area contributed by atoms with Crippen LogP contribution in [0.2, 0.25) is 0 Å². The Balaban J connectivity index is 1.34. The third-order valence-electron chi connectivity index (χ3n) is 8.67. The van der Waals surface area contributed by atoms with Crippen LogP contribution in [0, 0.1) is 23.2 Å². The maximum atomic E-state index is 12.5. The van der Waals surface area contributed by atoms with Crippen molar-refractivity contribution in [2.75, 3.05) is 13.2 Å². The highest BCUT2D eigenvalue weighted by Crippen LogP contribution is 2.63. The number of carbonyl (C=O) groups is 1. The number of fused-ring (bicyclic) bond motifs is 3. The van der Waals surface area contributed by atoms with Gasteiger partial charge in [-0.15, -0.1) is 0 Å². The number of hydrogen-bond donors (Lipinski definition) is 1. The number of benzene rings is 1. The van der Waals surface area contributed by atoms with E-state index in [4.69, 9.17) is 14.2 Å². The molecule has 5 heteroatoms. The predicted octanol–water partition coefficient (Wildman–Crippen LogP) is 5.25. The van der Waals surface area contributed by atoms with Crippen LogP contribution in [-0.4, -0.2) is 30.9 Å². The number of alkyl carbamates (subject to hydrolysis) is 1. The lowest BCUT2D eigenvalue weighted by Gasteiger charge is -2.63. The highest BCUT2D eigenvalue weighted by Gasteiger charge is 2.64. The Bertz CT molecular complexity index is 806. The molecule has 5 rings (SSSR count). The summed E-state index contributed by atoms with van der Waals surface area (Å²) in [5, 5.41) is 3.09. The summed E-state index contributed by atoms with van der Waals surface area (Å²) in [5.41, 5.74) is 0.734. The fourth-order valence-electron chi connectivity index (χ4n) is 6.91. The molecule has 30 heavy (non-hydrogen) atoms. The van der Waals surface area contributed by atoms with Crippen molar-refractivity contribution >= 4 is 6.09 Å². The molecule has 0 aromatic heterocycles. The largest absolute Gasteiger partial charge is 0.487 e. The minimum Gasteiger partial charge on any atom is -0.487 e. The van der Waals surface area contributed by atoms with Gasteiger partial charge in [0, 0.05) is 22.9 Å². The van der Waals surface area contributed by atoms with Crippen LogP contribution < -0.4 is 10.1 Å². The second kappa shape index (κ2) is 7.44. The van der Waals surface area contributed by atoms with Gasteiger partial charge in [0.1, 0.15) is 18.0 Å². The van der Waals surface area contributed by atoms with Gasteiger partial charge in [-0.1, -0.05) is 51.3 Å². The number of carbonyl (C=O) groups excluding carboxylic acids is 1. The molecule has 0 spiro atoms. The Labute approximate surface area is 179 Å². The summed E-state index contributed by atoms with van der Waals surface area (Å²) in [6.45, 7) is 7.86. The van der Waals surface area contributed by atoms with Gasteiger partial charge in [0.25, 0.3) is 0 Å². The molecular formula is C25H35NO4. The molecule has 1 amide bonds. The number of amides is 1. The van der Waals surface area contributed by atoms with E-state index in [2.05, 4.69) is 44.3 Å². The zero-order chi connectivity index (χ0) is 20.9. The van der Waals surface area contributed by atoms with Gasteiger partial charge in [0.2, 0.25) is 0 Å². The van der Waals surface area contributed by atoms with Gasteiger partial charge >= 0.3 is 6.09 Å². The van der Waals surface area contributed by atoms with E-state index in [-0.39, 0.29) is 35.2 Å². The molecule has 2 heterocycles. The molecule has 0 radical (unpaired) electrons. The fraction of sp³-hybridized carbons (Fsp3) is 0.720. The maximum absolute atomic E-state index is 12.5. The number of hydrogen-bond acceptors (Lipinski definition) is 4. The van der Waals surface area contributed by atoms with E-state index < -0.39 is 0 Å². The summed E-state index contributed by atoms with van der Waals surface area (Å²) in [5.74, 6) is 1.88. The highest BCUT2D eigenvalue weighted by atomic mass is 16.6. The second-order valence-electron chi connectivity index (χ2n) is 10.4. The maximum Gasteiger partial charge on any atom is 0.407 e. The molecule has 164 valence electrons. The van der Waals surface area contributed by atoms with E-state index in [1.54, 1.807) is 0 Å². The van der Waals surface area contributed by atoms with Crippen LogP contribution in [0.5, 0.6) is 5.75 Å². The number of nitrogens with one attached hydrogen (secondary N) is 1. The zero-order valence-corrected chi connectivity index (χ0v) is 18.5. The van der Waals surface area contributed by atoms with Crippen LogP contribution in [-0.2, 0) is 9.47 Å². The van der Waals surface area contributed by atoms with E-state index in [1.807, 2.05) is 6.07 Å². The normalized spacial score (nSPS) is 40.1. The van der Waals surface area contributed by atoms with Crippen molar-refractivity contribution < 1.29 is 19.0 Å². The standard InChI is InChI=1S/C25H35NO4/c1-16-13-24(3)21-17(2)25(16,15-29-23(27)26-18-9-5-4-6-10-18)14-28-22(21)19-11-7-8-12-20(19)30-24/h7-8,11-12,16-18,21-22H,4-6,9-10,13-15H2,1-3H3,(H,26,27)/t16-,17-,21-,22-,24+,25-/m0/s1. The summed E-state index contributed by atoms with van der Waals surface area (Å²) in [6, 6.07) is 8.55. The van der Waals surface area contributed by atoms with Crippen LogP contribution in [0.25, 0.3) is 0 Å². The van der Waals surface area contributed by atoms with Crippen molar-refractivity contribution in [3.63, 3.8) is 0 Å². The van der Waals surface area contributed by atoms with Crippen LogP contribution in [0.3, 0.4) is 0 Å². The van der Waals surface area contributed by atoms with E-state index in [9.17, 15) is 4.79 Å². The van der Waals surface area contributed by atoms with E-state index in [0.29, 0.717) is 25.0 Å². The van der Waals surface area contributed by atoms with Gasteiger partial charge < -0.3 is 19.5 Å². The molecule has 2 aliphatic carbocycles. The highest BCUT2D eigenvalue weighted by molar-refractivity contribution is 5.67. The van der Waals surface area contributed by atoms with Crippen molar-refractivity contribution in [3.05, 3.63) is 29.8 Å². The summed E-state index contributed by atoms with van der Waals surface area (Å²) in [6.07, 6.45) is 6.52. The Kier molecular flexibility index (Phi) is 5.00. The first-order valence-corrected chi connectivity index (χ1v) is 11.8. The van der Waals surface area contributed by atoms with Gasteiger partial charge in [-0.05, 0) is 44.1 Å². The molecule has 0 unspecified atom stereocenters. The number of rotatable bonds is 3. The average molecular weight is 414 g/mol. The lowest BCUT2D eigenvalue weighted by atomic mass is 9.50. The first kappa shape index (κ1) is 20.2. The Morgan fingerprint density at radius 3 is 2.77 bits per heavy atom. The van der Waals surface area contributed by atoms with Crippen LogP contribution in [0.4, 0.5) is 4.79 Å². The van der Waals surface area contributed by atoms with Gasteiger partial charge in [-0.2, -0.15) is 0 Å². The fourth-order valence-corrected chi connectivity index (χ4v) is 6.91. The Morgan fingerprint density at radius 2 is 1.97 bits per heavy atom. The molecule has 2 bridgehead atoms. The lowest BCUT2D eigenvalue weighted by Crippen LogP contribution is -2.66. The third-order valence-corrected chi connectivity index (χ3v) is 8.67. The molecule has 5 nitrogen and oxygen atoms in total. The molecule has 4 aliphatic rings. The number of para-hydroxylation sites is 1. The molecule has 6 atom stereocenters. The van der Waals surface area contributed by atoms with Crippen molar-refractivity contribution in [2.45, 2.75) is 77.0 Å². The second-order valence-corrected chi connectivity index (χ2v) is 10.4. The molecule has 1 saturated heterocycles. The molecular weight excluding hydrogens is 378 g/mol. The lowest BCUT2D eigenvalue weighted by molar-refractivity contribution is -0.259. The topological polar surface area (TPSA) is 56.8 Å². The first-order chi connectivity index (χ1) is 14.4. The monoisotopic (exact) mass is 413 g/mol. The van der Waals surface area contributed by atoms with Crippen molar-refractivity contribution in [2.24, 2.45) is 23.2 Å². The third kappa shape index (κ3) is 3.12. The quantitative estimate of drug-likeness (QED) is 0.736. The van der Waals surface area contributed by atoms with Gasteiger partial charge in [0.15, 0.2) is 0 Å². The van der Waals surface area contributed by atoms with Gasteiger partial charge in [0.05, 0.1) is 12.7 Å². The van der Waals surface area contributed by atoms with Gasteiger partial charge in [-0.25, -0.2) is 4.79 Å². The SMILES string of the molecule is C[C@H]1C[C@@]2(C)Oc3ccccc3[C@@H]3OC[C@@]1(COC(=O)NC1CCCCC1)[C@@H](C)[C@@H]32. The van der Waals surface area contributed by atoms with Gasteiger partial charge in [-0.3, -0.25) is 0 Å². The molecule has 1 N–H and O–H groups in total. The summed E-state index contributed by atoms with van der Waals surface area (Å²) in [4.78, 5) is 12.5. The van der Waals surface area contributed by atoms with Crippen LogP contribution >= 0.6 is 0 Å². The molecule has 2 saturated carbocycles. The summed E-state index contributed by atoms with van der Waals surface area (Å²) < 4.78 is 19.0. The average Bonchev–Trinajstić information content (AvgIpc) is 2.73. The zero-order valence-electron chi connectivity index (χ0n) is 18.5. The van der Waals surface area contributed by atoms with Crippen LogP contribution in [0.1, 0.15) is 71.0 Å². The smallest absolute Gasteiger partial charge is 0.407 e. The molecule has 1 aromatic rings. The summed E-state index contributed by atoms with van der Waals surface area (Å²) in [7, 11) is 0. The van der Waals surface area contributed by atoms with Crippen molar-refractivity contribution in [3.8, 4) is 5.75 Å². The number of ether oxygens (including phenoxy) is 3. The molecule has 1 aromatic carbocycles. The summed E-state index contributed by atoms with van der Waals surface area (Å²) >= 11 is 0. The minimum atomic E-state index is -0.267.